The smallest absolute Gasteiger partial charge is 0.325 e. The summed E-state index contributed by atoms with van der Waals surface area (Å²) in [4.78, 5) is 51.7. The third-order valence-corrected chi connectivity index (χ3v) is 5.35. The molecule has 0 aromatic heterocycles. The van der Waals surface area contributed by atoms with Gasteiger partial charge in [0.2, 0.25) is 0 Å². The van der Waals surface area contributed by atoms with Crippen LogP contribution in [0.5, 0.6) is 0 Å². The molecule has 2 saturated heterocycles. The van der Waals surface area contributed by atoms with Gasteiger partial charge in [0.25, 0.3) is 11.8 Å². The summed E-state index contributed by atoms with van der Waals surface area (Å²) in [5.41, 5.74) is 0.744. The van der Waals surface area contributed by atoms with E-state index >= 15 is 0 Å². The first-order valence-corrected chi connectivity index (χ1v) is 8.83. The Morgan fingerprint density at radius 3 is 2.69 bits per heavy atom. The molecule has 2 heterocycles. The van der Waals surface area contributed by atoms with Crippen molar-refractivity contribution in [2.45, 2.75) is 31.2 Å². The van der Waals surface area contributed by atoms with Crippen molar-refractivity contribution in [1.82, 2.24) is 20.4 Å². The van der Waals surface area contributed by atoms with Gasteiger partial charge in [-0.15, -0.1) is 0 Å². The van der Waals surface area contributed by atoms with E-state index in [4.69, 9.17) is 0 Å². The van der Waals surface area contributed by atoms with E-state index in [0.29, 0.717) is 13.0 Å². The fourth-order valence-corrected chi connectivity index (χ4v) is 4.05. The molecule has 1 atom stereocenters. The van der Waals surface area contributed by atoms with Gasteiger partial charge in [0, 0.05) is 13.1 Å². The molecule has 1 spiro atoms. The molecule has 1 unspecified atom stereocenters. The van der Waals surface area contributed by atoms with Crippen LogP contribution in [0.1, 0.15) is 30.4 Å². The van der Waals surface area contributed by atoms with E-state index in [1.54, 1.807) is 0 Å². The van der Waals surface area contributed by atoms with E-state index in [9.17, 15) is 19.2 Å². The summed E-state index contributed by atoms with van der Waals surface area (Å²) in [6, 6.07) is 6.55. The van der Waals surface area contributed by atoms with Crippen LogP contribution in [-0.4, -0.2) is 53.3 Å². The Labute approximate surface area is 150 Å². The number of urea groups is 2. The van der Waals surface area contributed by atoms with Gasteiger partial charge in [0.15, 0.2) is 0 Å². The number of imide groups is 2. The van der Waals surface area contributed by atoms with Gasteiger partial charge in [-0.1, -0.05) is 24.3 Å². The van der Waals surface area contributed by atoms with E-state index in [1.165, 1.54) is 0 Å². The number of benzene rings is 1. The zero-order chi connectivity index (χ0) is 18.3. The zero-order valence-corrected chi connectivity index (χ0v) is 14.3. The van der Waals surface area contributed by atoms with Crippen molar-refractivity contribution < 1.29 is 19.2 Å². The maximum Gasteiger partial charge on any atom is 0.325 e. The molecule has 6 amide bonds. The van der Waals surface area contributed by atoms with Gasteiger partial charge in [-0.3, -0.25) is 19.4 Å². The predicted octanol–water partition coefficient (Wildman–Crippen LogP) is 0.712. The van der Waals surface area contributed by atoms with Crippen molar-refractivity contribution in [1.29, 1.82) is 0 Å². The van der Waals surface area contributed by atoms with E-state index < -0.39 is 36.0 Å². The Morgan fingerprint density at radius 2 is 1.92 bits per heavy atom. The van der Waals surface area contributed by atoms with Crippen molar-refractivity contribution in [3.05, 3.63) is 35.4 Å². The second-order valence-corrected chi connectivity index (χ2v) is 6.87. The largest absolute Gasteiger partial charge is 0.336 e. The van der Waals surface area contributed by atoms with Crippen LogP contribution in [0.2, 0.25) is 0 Å². The molecule has 0 radical (unpaired) electrons. The van der Waals surface area contributed by atoms with Crippen molar-refractivity contribution in [3.63, 3.8) is 0 Å². The van der Waals surface area contributed by atoms with Crippen LogP contribution in [0.4, 0.5) is 9.59 Å². The summed E-state index contributed by atoms with van der Waals surface area (Å²) in [6.07, 6.45) is 3.10. The minimum Gasteiger partial charge on any atom is -0.336 e. The minimum absolute atomic E-state index is 0.245. The van der Waals surface area contributed by atoms with Gasteiger partial charge in [0.1, 0.15) is 12.1 Å². The molecule has 136 valence electrons. The summed E-state index contributed by atoms with van der Waals surface area (Å²) in [6.45, 7) is 0.194. The number of carbonyl (C=O) groups excluding carboxylic acids is 4. The van der Waals surface area contributed by atoms with Crippen LogP contribution in [0.25, 0.3) is 0 Å². The normalized spacial score (nSPS) is 25.2. The van der Waals surface area contributed by atoms with Crippen LogP contribution >= 0.6 is 0 Å². The standard InChI is InChI=1S/C18H20N4O4/c23-14(21-10-9-19-16(21)25)11-22-15(24)18(20-17(22)26)8-4-3-6-12-5-1-2-7-13(12)18/h1-2,5,7H,3-4,6,8-11H2,(H,19,25)(H,20,26). The van der Waals surface area contributed by atoms with Crippen molar-refractivity contribution in [2.24, 2.45) is 0 Å². The van der Waals surface area contributed by atoms with E-state index in [-0.39, 0.29) is 6.54 Å². The molecular weight excluding hydrogens is 336 g/mol. The number of fused-ring (bicyclic) bond motifs is 2. The Kier molecular flexibility index (Phi) is 3.90. The maximum absolute atomic E-state index is 13.2. The van der Waals surface area contributed by atoms with Gasteiger partial charge in [-0.2, -0.15) is 0 Å². The lowest BCUT2D eigenvalue weighted by Gasteiger charge is -2.27. The van der Waals surface area contributed by atoms with Gasteiger partial charge in [-0.05, 0) is 36.8 Å². The molecule has 8 nitrogen and oxygen atoms in total. The summed E-state index contributed by atoms with van der Waals surface area (Å²) in [5.74, 6) is -0.965. The average Bonchev–Trinajstić information content (AvgIpc) is 3.09. The molecule has 2 N–H and O–H groups in total. The molecule has 2 fully saturated rings. The van der Waals surface area contributed by atoms with Crippen molar-refractivity contribution >= 4 is 23.9 Å². The molecule has 4 rings (SSSR count). The van der Waals surface area contributed by atoms with Crippen molar-refractivity contribution in [3.8, 4) is 0 Å². The number of nitrogens with zero attached hydrogens (tertiary/aromatic N) is 2. The van der Waals surface area contributed by atoms with E-state index in [2.05, 4.69) is 10.6 Å². The first-order valence-electron chi connectivity index (χ1n) is 8.83. The van der Waals surface area contributed by atoms with Crippen LogP contribution in [0, 0.1) is 0 Å². The molecule has 0 bridgehead atoms. The zero-order valence-electron chi connectivity index (χ0n) is 14.3. The van der Waals surface area contributed by atoms with E-state index in [0.717, 1.165) is 40.2 Å². The lowest BCUT2D eigenvalue weighted by atomic mass is 9.84. The second kappa shape index (κ2) is 6.12. The molecule has 1 aliphatic carbocycles. The molecule has 2 aliphatic heterocycles. The fraction of sp³-hybridized carbons (Fsp3) is 0.444. The highest BCUT2D eigenvalue weighted by Gasteiger charge is 2.53. The molecule has 8 heteroatoms. The lowest BCUT2D eigenvalue weighted by Crippen LogP contribution is -2.46. The number of amides is 6. The molecule has 26 heavy (non-hydrogen) atoms. The third kappa shape index (κ3) is 2.44. The van der Waals surface area contributed by atoms with Gasteiger partial charge >= 0.3 is 12.1 Å². The molecule has 0 saturated carbocycles. The van der Waals surface area contributed by atoms with Gasteiger partial charge < -0.3 is 10.6 Å². The number of aryl methyl sites for hydroxylation is 1. The predicted molar refractivity (Wildman–Crippen MR) is 91.0 cm³/mol. The second-order valence-electron chi connectivity index (χ2n) is 6.87. The Hall–Kier alpha value is -2.90. The number of rotatable bonds is 2. The SMILES string of the molecule is O=C(CN1C(=O)NC2(CCCCc3ccccc32)C1=O)N1CCNC1=O. The highest BCUT2D eigenvalue weighted by Crippen LogP contribution is 2.38. The number of nitrogens with one attached hydrogen (secondary N) is 2. The Bertz CT molecular complexity index is 808. The summed E-state index contributed by atoms with van der Waals surface area (Å²) in [5, 5.41) is 5.38. The van der Waals surface area contributed by atoms with E-state index in [1.807, 2.05) is 24.3 Å². The average molecular weight is 356 g/mol. The number of hydrogen-bond acceptors (Lipinski definition) is 4. The van der Waals surface area contributed by atoms with Crippen LogP contribution in [0.15, 0.2) is 24.3 Å². The van der Waals surface area contributed by atoms with Crippen LogP contribution in [0.3, 0.4) is 0 Å². The first-order chi connectivity index (χ1) is 12.5. The van der Waals surface area contributed by atoms with Crippen LogP contribution < -0.4 is 10.6 Å². The van der Waals surface area contributed by atoms with Gasteiger partial charge in [0.05, 0.1) is 0 Å². The highest BCUT2D eigenvalue weighted by molar-refractivity contribution is 6.10. The third-order valence-electron chi connectivity index (χ3n) is 5.35. The molecule has 3 aliphatic rings. The maximum atomic E-state index is 13.2. The van der Waals surface area contributed by atoms with Crippen LogP contribution in [-0.2, 0) is 21.5 Å². The molecule has 1 aromatic carbocycles. The number of hydrogen-bond donors (Lipinski definition) is 2. The first kappa shape index (κ1) is 16.6. The summed E-state index contributed by atoms with van der Waals surface area (Å²) >= 11 is 0. The highest BCUT2D eigenvalue weighted by atomic mass is 16.2. The minimum atomic E-state index is -1.11. The van der Waals surface area contributed by atoms with Gasteiger partial charge in [-0.25, -0.2) is 9.59 Å². The lowest BCUT2D eigenvalue weighted by molar-refractivity contribution is -0.137. The summed E-state index contributed by atoms with van der Waals surface area (Å²) < 4.78 is 0. The Morgan fingerprint density at radius 1 is 1.12 bits per heavy atom. The van der Waals surface area contributed by atoms with Crippen molar-refractivity contribution in [2.75, 3.05) is 19.6 Å². The molecule has 1 aromatic rings. The topological polar surface area (TPSA) is 98.8 Å². The number of carbonyl (C=O) groups is 4. The summed E-state index contributed by atoms with van der Waals surface area (Å²) in [7, 11) is 0. The molecular formula is C18H20N4O4. The fourth-order valence-electron chi connectivity index (χ4n) is 4.05. The monoisotopic (exact) mass is 356 g/mol. The Balaban J connectivity index is 1.63. The quantitative estimate of drug-likeness (QED) is 0.763.